The predicted molar refractivity (Wildman–Crippen MR) is 87.8 cm³/mol. The number of benzene rings is 1. The number of aryl methyl sites for hydroxylation is 1. The highest BCUT2D eigenvalue weighted by Crippen LogP contribution is 2.22. The van der Waals surface area contributed by atoms with E-state index in [9.17, 15) is 4.79 Å². The molecule has 0 aliphatic carbocycles. The zero-order chi connectivity index (χ0) is 15.9. The van der Waals surface area contributed by atoms with Crippen LogP contribution in [-0.4, -0.2) is 22.5 Å². The Balaban J connectivity index is 1.94. The van der Waals surface area contributed by atoms with Crippen LogP contribution in [0.15, 0.2) is 18.2 Å². The van der Waals surface area contributed by atoms with Gasteiger partial charge in [0, 0.05) is 16.8 Å². The lowest BCUT2D eigenvalue weighted by Gasteiger charge is -2.07. The SMILES string of the molecule is CCOC(=O)CCCCCc1nc(N)nc2ccc(Cl)cc12. The quantitative estimate of drug-likeness (QED) is 0.623. The van der Waals surface area contributed by atoms with Crippen LogP contribution in [0.2, 0.25) is 5.02 Å². The number of unbranched alkanes of at least 4 members (excludes halogenated alkanes) is 2. The Labute approximate surface area is 134 Å². The van der Waals surface area contributed by atoms with Crippen molar-refractivity contribution >= 4 is 34.4 Å². The number of nitrogens with zero attached hydrogens (tertiary/aromatic N) is 2. The molecule has 0 saturated carbocycles. The van der Waals surface area contributed by atoms with Gasteiger partial charge >= 0.3 is 5.97 Å². The van der Waals surface area contributed by atoms with Crippen molar-refractivity contribution < 1.29 is 9.53 Å². The molecule has 2 N–H and O–H groups in total. The largest absolute Gasteiger partial charge is 0.466 e. The Morgan fingerprint density at radius 2 is 2.09 bits per heavy atom. The van der Waals surface area contributed by atoms with Crippen molar-refractivity contribution in [2.75, 3.05) is 12.3 Å². The Morgan fingerprint density at radius 1 is 1.27 bits per heavy atom. The second kappa shape index (κ2) is 7.94. The van der Waals surface area contributed by atoms with Gasteiger partial charge in [0.2, 0.25) is 5.95 Å². The number of hydrogen-bond acceptors (Lipinski definition) is 5. The fourth-order valence-corrected chi connectivity index (χ4v) is 2.52. The standard InChI is InChI=1S/C16H20ClN3O2/c1-2-22-15(21)7-5-3-4-6-13-12-10-11(17)8-9-14(12)20-16(18)19-13/h8-10H,2-7H2,1H3,(H2,18,19,20). The van der Waals surface area contributed by atoms with Crippen molar-refractivity contribution in [1.82, 2.24) is 9.97 Å². The highest BCUT2D eigenvalue weighted by atomic mass is 35.5. The summed E-state index contributed by atoms with van der Waals surface area (Å²) in [5, 5.41) is 1.59. The number of hydrogen-bond donors (Lipinski definition) is 1. The number of carbonyl (C=O) groups excluding carboxylic acids is 1. The molecule has 0 aliphatic rings. The molecular formula is C16H20ClN3O2. The first-order chi connectivity index (χ1) is 10.6. The van der Waals surface area contributed by atoms with E-state index < -0.39 is 0 Å². The van der Waals surface area contributed by atoms with Crippen LogP contribution >= 0.6 is 11.6 Å². The number of aromatic nitrogens is 2. The summed E-state index contributed by atoms with van der Waals surface area (Å²) in [4.78, 5) is 19.8. The zero-order valence-corrected chi connectivity index (χ0v) is 13.4. The van der Waals surface area contributed by atoms with Gasteiger partial charge in [-0.3, -0.25) is 4.79 Å². The molecule has 0 bridgehead atoms. The van der Waals surface area contributed by atoms with Crippen molar-refractivity contribution in [3.05, 3.63) is 28.9 Å². The number of ether oxygens (including phenoxy) is 1. The summed E-state index contributed by atoms with van der Waals surface area (Å²) >= 11 is 6.04. The number of nitrogen functional groups attached to an aromatic ring is 1. The molecular weight excluding hydrogens is 302 g/mol. The maximum atomic E-state index is 11.3. The monoisotopic (exact) mass is 321 g/mol. The number of rotatable bonds is 7. The highest BCUT2D eigenvalue weighted by molar-refractivity contribution is 6.31. The van der Waals surface area contributed by atoms with Crippen molar-refractivity contribution in [2.24, 2.45) is 0 Å². The van der Waals surface area contributed by atoms with Crippen LogP contribution < -0.4 is 5.73 Å². The molecule has 0 radical (unpaired) electrons. The van der Waals surface area contributed by atoms with E-state index in [4.69, 9.17) is 22.1 Å². The van der Waals surface area contributed by atoms with Gasteiger partial charge in [0.25, 0.3) is 0 Å². The van der Waals surface area contributed by atoms with Gasteiger partial charge in [-0.2, -0.15) is 0 Å². The average molecular weight is 322 g/mol. The Morgan fingerprint density at radius 3 is 2.86 bits per heavy atom. The lowest BCUT2D eigenvalue weighted by Crippen LogP contribution is -2.04. The molecule has 118 valence electrons. The van der Waals surface area contributed by atoms with Gasteiger partial charge in [-0.05, 0) is 44.4 Å². The molecule has 0 fully saturated rings. The van der Waals surface area contributed by atoms with Gasteiger partial charge in [0.1, 0.15) is 0 Å². The topological polar surface area (TPSA) is 78.1 Å². The van der Waals surface area contributed by atoms with E-state index in [1.807, 2.05) is 19.1 Å². The molecule has 5 nitrogen and oxygen atoms in total. The van der Waals surface area contributed by atoms with E-state index in [2.05, 4.69) is 9.97 Å². The Kier molecular flexibility index (Phi) is 5.95. The molecule has 0 spiro atoms. The number of esters is 1. The second-order valence-electron chi connectivity index (χ2n) is 5.06. The lowest BCUT2D eigenvalue weighted by molar-refractivity contribution is -0.143. The minimum atomic E-state index is -0.133. The molecule has 2 rings (SSSR count). The number of anilines is 1. The van der Waals surface area contributed by atoms with E-state index in [1.165, 1.54) is 0 Å². The van der Waals surface area contributed by atoms with Crippen LogP contribution in [0.25, 0.3) is 10.9 Å². The van der Waals surface area contributed by atoms with Gasteiger partial charge in [0.15, 0.2) is 0 Å². The average Bonchev–Trinajstić information content (AvgIpc) is 2.47. The van der Waals surface area contributed by atoms with Gasteiger partial charge in [-0.15, -0.1) is 0 Å². The number of carbonyl (C=O) groups is 1. The second-order valence-corrected chi connectivity index (χ2v) is 5.49. The maximum absolute atomic E-state index is 11.3. The smallest absolute Gasteiger partial charge is 0.305 e. The Hall–Kier alpha value is -1.88. The fraction of sp³-hybridized carbons (Fsp3) is 0.438. The van der Waals surface area contributed by atoms with Crippen LogP contribution in [0.3, 0.4) is 0 Å². The van der Waals surface area contributed by atoms with E-state index in [0.717, 1.165) is 42.3 Å². The number of halogens is 1. The molecule has 1 aromatic carbocycles. The third kappa shape index (κ3) is 4.56. The van der Waals surface area contributed by atoms with Gasteiger partial charge in [-0.25, -0.2) is 9.97 Å². The highest BCUT2D eigenvalue weighted by Gasteiger charge is 2.07. The van der Waals surface area contributed by atoms with Crippen molar-refractivity contribution in [3.63, 3.8) is 0 Å². The van der Waals surface area contributed by atoms with Crippen LogP contribution in [0.4, 0.5) is 5.95 Å². The van der Waals surface area contributed by atoms with Crippen molar-refractivity contribution in [2.45, 2.75) is 39.0 Å². The van der Waals surface area contributed by atoms with E-state index in [0.29, 0.717) is 18.1 Å². The minimum Gasteiger partial charge on any atom is -0.466 e. The van der Waals surface area contributed by atoms with E-state index in [1.54, 1.807) is 6.07 Å². The van der Waals surface area contributed by atoms with Crippen LogP contribution in [-0.2, 0) is 16.0 Å². The molecule has 0 aliphatic heterocycles. The molecule has 0 atom stereocenters. The summed E-state index contributed by atoms with van der Waals surface area (Å²) in [7, 11) is 0. The Bertz CT molecular complexity index is 661. The third-order valence-corrected chi connectivity index (χ3v) is 3.59. The molecule has 2 aromatic rings. The molecule has 6 heteroatoms. The normalized spacial score (nSPS) is 10.8. The van der Waals surface area contributed by atoms with E-state index in [-0.39, 0.29) is 11.9 Å². The first-order valence-corrected chi connectivity index (χ1v) is 7.85. The van der Waals surface area contributed by atoms with Gasteiger partial charge in [-0.1, -0.05) is 18.0 Å². The van der Waals surface area contributed by atoms with Crippen LogP contribution in [0.5, 0.6) is 0 Å². The maximum Gasteiger partial charge on any atom is 0.305 e. The summed E-state index contributed by atoms with van der Waals surface area (Å²) in [6.45, 7) is 2.25. The van der Waals surface area contributed by atoms with Gasteiger partial charge < -0.3 is 10.5 Å². The van der Waals surface area contributed by atoms with Crippen molar-refractivity contribution in [1.29, 1.82) is 0 Å². The van der Waals surface area contributed by atoms with Gasteiger partial charge in [0.05, 0.1) is 17.8 Å². The van der Waals surface area contributed by atoms with Crippen LogP contribution in [0.1, 0.15) is 38.3 Å². The molecule has 22 heavy (non-hydrogen) atoms. The van der Waals surface area contributed by atoms with E-state index >= 15 is 0 Å². The predicted octanol–water partition coefficient (Wildman–Crippen LogP) is 3.53. The first kappa shape index (κ1) is 16.5. The molecule has 0 saturated heterocycles. The lowest BCUT2D eigenvalue weighted by atomic mass is 10.1. The molecule has 0 unspecified atom stereocenters. The fourth-order valence-electron chi connectivity index (χ4n) is 2.35. The number of nitrogens with two attached hydrogens (primary N) is 1. The van der Waals surface area contributed by atoms with Crippen molar-refractivity contribution in [3.8, 4) is 0 Å². The molecule has 0 amide bonds. The summed E-state index contributed by atoms with van der Waals surface area (Å²) in [5.41, 5.74) is 7.46. The summed E-state index contributed by atoms with van der Waals surface area (Å²) in [6, 6.07) is 5.50. The summed E-state index contributed by atoms with van der Waals surface area (Å²) in [6.07, 6.45) is 3.93. The third-order valence-electron chi connectivity index (χ3n) is 3.35. The molecule has 1 aromatic heterocycles. The minimum absolute atomic E-state index is 0.133. The van der Waals surface area contributed by atoms with Crippen LogP contribution in [0, 0.1) is 0 Å². The zero-order valence-electron chi connectivity index (χ0n) is 12.6. The summed E-state index contributed by atoms with van der Waals surface area (Å²) < 4.78 is 4.90. The first-order valence-electron chi connectivity index (χ1n) is 7.47. The molecule has 1 heterocycles. The summed E-state index contributed by atoms with van der Waals surface area (Å²) in [5.74, 6) is 0.141. The number of fused-ring (bicyclic) bond motifs is 1.